The number of hydrogen-bond donors (Lipinski definition) is 0. The number of rotatable bonds is 4. The molecular weight excluding hydrogens is 222 g/mol. The largest absolute Gasteiger partial charge is 0.459 e. The minimum atomic E-state index is -0.370. The van der Waals surface area contributed by atoms with Crippen LogP contribution in [0.5, 0.6) is 0 Å². The van der Waals surface area contributed by atoms with Gasteiger partial charge in [0.2, 0.25) is 0 Å². The summed E-state index contributed by atoms with van der Waals surface area (Å²) in [6, 6.07) is -0.00799. The van der Waals surface area contributed by atoms with Crippen LogP contribution in [0.1, 0.15) is 33.6 Å². The van der Waals surface area contributed by atoms with Crippen molar-refractivity contribution in [2.75, 3.05) is 25.1 Å². The number of likely N-dealkylation sites (tertiary alicyclic amines) is 1. The van der Waals surface area contributed by atoms with E-state index in [2.05, 4.69) is 11.2 Å². The number of carbonyl (C=O) groups is 1. The minimum absolute atomic E-state index is 0.00799. The average Bonchev–Trinajstić information content (AvgIpc) is 2.59. The van der Waals surface area contributed by atoms with E-state index in [0.717, 1.165) is 31.7 Å². The van der Waals surface area contributed by atoms with Gasteiger partial charge in [0.25, 0.3) is 0 Å². The van der Waals surface area contributed by atoms with Gasteiger partial charge in [-0.3, -0.25) is 9.69 Å². The van der Waals surface area contributed by atoms with Crippen LogP contribution >= 0.6 is 11.8 Å². The van der Waals surface area contributed by atoms with Gasteiger partial charge >= 0.3 is 5.97 Å². The number of esters is 1. The van der Waals surface area contributed by atoms with E-state index in [-0.39, 0.29) is 17.6 Å². The summed E-state index contributed by atoms with van der Waals surface area (Å²) >= 11 is 1.82. The van der Waals surface area contributed by atoms with Gasteiger partial charge in [0.1, 0.15) is 11.6 Å². The van der Waals surface area contributed by atoms with Crippen LogP contribution in [0.3, 0.4) is 0 Å². The molecule has 0 spiro atoms. The maximum atomic E-state index is 12.0. The van der Waals surface area contributed by atoms with Crippen LogP contribution in [-0.2, 0) is 9.53 Å². The summed E-state index contributed by atoms with van der Waals surface area (Å²) < 4.78 is 5.44. The number of carbonyl (C=O) groups excluding carboxylic acids is 1. The van der Waals surface area contributed by atoms with E-state index < -0.39 is 0 Å². The Morgan fingerprint density at radius 3 is 2.75 bits per heavy atom. The van der Waals surface area contributed by atoms with Crippen molar-refractivity contribution in [3.05, 3.63) is 0 Å². The third-order valence-corrected chi connectivity index (χ3v) is 3.22. The van der Waals surface area contributed by atoms with Crippen molar-refractivity contribution in [1.29, 1.82) is 0 Å². The third kappa shape index (κ3) is 4.34. The van der Waals surface area contributed by atoms with E-state index >= 15 is 0 Å². The highest BCUT2D eigenvalue weighted by atomic mass is 32.2. The molecule has 4 heteroatoms. The Hall–Kier alpha value is -0.220. The molecule has 1 saturated heterocycles. The SMILES string of the molecule is CSCCN1CCC[C@@H]1C(=O)OC(C)(C)C. The Labute approximate surface area is 103 Å². The van der Waals surface area contributed by atoms with Gasteiger partial charge in [0, 0.05) is 12.3 Å². The summed E-state index contributed by atoms with van der Waals surface area (Å²) in [6.07, 6.45) is 4.15. The van der Waals surface area contributed by atoms with E-state index in [0.29, 0.717) is 0 Å². The van der Waals surface area contributed by atoms with Crippen LogP contribution in [0.25, 0.3) is 0 Å². The third-order valence-electron chi connectivity index (χ3n) is 2.63. The molecule has 1 fully saturated rings. The summed E-state index contributed by atoms with van der Waals surface area (Å²) in [5.41, 5.74) is -0.370. The number of thioether (sulfide) groups is 1. The first-order valence-electron chi connectivity index (χ1n) is 5.90. The van der Waals surface area contributed by atoms with E-state index in [4.69, 9.17) is 4.74 Å². The quantitative estimate of drug-likeness (QED) is 0.710. The highest BCUT2D eigenvalue weighted by Crippen LogP contribution is 2.21. The zero-order valence-electron chi connectivity index (χ0n) is 10.8. The van der Waals surface area contributed by atoms with Crippen LogP contribution in [0.4, 0.5) is 0 Å². The molecule has 1 atom stereocenters. The Morgan fingerprint density at radius 2 is 2.19 bits per heavy atom. The fraction of sp³-hybridized carbons (Fsp3) is 0.917. The summed E-state index contributed by atoms with van der Waals surface area (Å²) in [5, 5.41) is 0. The lowest BCUT2D eigenvalue weighted by atomic mass is 10.1. The molecule has 0 aromatic rings. The van der Waals surface area contributed by atoms with Crippen molar-refractivity contribution < 1.29 is 9.53 Å². The highest BCUT2D eigenvalue weighted by molar-refractivity contribution is 7.98. The molecule has 0 amide bonds. The summed E-state index contributed by atoms with van der Waals surface area (Å²) in [4.78, 5) is 14.2. The maximum Gasteiger partial charge on any atom is 0.323 e. The summed E-state index contributed by atoms with van der Waals surface area (Å²) in [5.74, 6) is 1.03. The lowest BCUT2D eigenvalue weighted by Crippen LogP contribution is -2.41. The Morgan fingerprint density at radius 1 is 1.50 bits per heavy atom. The highest BCUT2D eigenvalue weighted by Gasteiger charge is 2.33. The van der Waals surface area contributed by atoms with Crippen LogP contribution in [-0.4, -0.2) is 47.6 Å². The van der Waals surface area contributed by atoms with Crippen LogP contribution < -0.4 is 0 Å². The van der Waals surface area contributed by atoms with Crippen molar-refractivity contribution in [2.45, 2.75) is 45.3 Å². The number of ether oxygens (including phenoxy) is 1. The molecule has 0 unspecified atom stereocenters. The Balaban J connectivity index is 2.47. The summed E-state index contributed by atoms with van der Waals surface area (Å²) in [6.45, 7) is 7.79. The topological polar surface area (TPSA) is 29.5 Å². The molecule has 94 valence electrons. The first-order valence-corrected chi connectivity index (χ1v) is 7.29. The first-order chi connectivity index (χ1) is 7.44. The van der Waals surface area contributed by atoms with E-state index in [9.17, 15) is 4.79 Å². The zero-order valence-corrected chi connectivity index (χ0v) is 11.6. The second-order valence-corrected chi connectivity index (χ2v) is 6.21. The predicted molar refractivity (Wildman–Crippen MR) is 68.8 cm³/mol. The van der Waals surface area contributed by atoms with Gasteiger partial charge in [-0.2, -0.15) is 11.8 Å². The smallest absolute Gasteiger partial charge is 0.323 e. The normalized spacial score (nSPS) is 22.4. The van der Waals surface area contributed by atoms with Crippen LogP contribution in [0.15, 0.2) is 0 Å². The van der Waals surface area contributed by atoms with Crippen molar-refractivity contribution in [1.82, 2.24) is 4.90 Å². The predicted octanol–water partition coefficient (Wildman–Crippen LogP) is 2.16. The van der Waals surface area contributed by atoms with Gasteiger partial charge in [0.05, 0.1) is 0 Å². The second-order valence-electron chi connectivity index (χ2n) is 5.22. The lowest BCUT2D eigenvalue weighted by Gasteiger charge is -2.27. The van der Waals surface area contributed by atoms with Gasteiger partial charge in [-0.1, -0.05) is 0 Å². The van der Waals surface area contributed by atoms with Gasteiger partial charge in [-0.05, 0) is 46.4 Å². The first kappa shape index (κ1) is 13.8. The van der Waals surface area contributed by atoms with Gasteiger partial charge < -0.3 is 4.74 Å². The van der Waals surface area contributed by atoms with E-state index in [1.54, 1.807) is 0 Å². The fourth-order valence-corrected chi connectivity index (χ4v) is 2.36. The molecule has 16 heavy (non-hydrogen) atoms. The summed E-state index contributed by atoms with van der Waals surface area (Å²) in [7, 11) is 0. The molecule has 1 aliphatic rings. The van der Waals surface area contributed by atoms with Crippen molar-refractivity contribution in [3.63, 3.8) is 0 Å². The maximum absolute atomic E-state index is 12.0. The monoisotopic (exact) mass is 245 g/mol. The van der Waals surface area contributed by atoms with Crippen molar-refractivity contribution in [3.8, 4) is 0 Å². The molecule has 3 nitrogen and oxygen atoms in total. The molecule has 1 aliphatic heterocycles. The molecule has 0 aromatic heterocycles. The lowest BCUT2D eigenvalue weighted by molar-refractivity contribution is -0.160. The number of hydrogen-bond acceptors (Lipinski definition) is 4. The zero-order chi connectivity index (χ0) is 12.2. The minimum Gasteiger partial charge on any atom is -0.459 e. The molecule has 0 N–H and O–H groups in total. The molecule has 1 heterocycles. The van der Waals surface area contributed by atoms with Crippen LogP contribution in [0.2, 0.25) is 0 Å². The second kappa shape index (κ2) is 5.92. The molecular formula is C12H23NO2S. The standard InChI is InChI=1S/C12H23NO2S/c1-12(2,3)15-11(14)10-6-5-7-13(10)8-9-16-4/h10H,5-9H2,1-4H3/t10-/m1/s1. The van der Waals surface area contributed by atoms with Gasteiger partial charge in [-0.15, -0.1) is 0 Å². The fourth-order valence-electron chi connectivity index (χ4n) is 1.94. The Kier molecular flexibility index (Phi) is 5.12. The molecule has 0 radical (unpaired) electrons. The molecule has 1 rings (SSSR count). The average molecular weight is 245 g/mol. The van der Waals surface area contributed by atoms with E-state index in [1.165, 1.54) is 0 Å². The van der Waals surface area contributed by atoms with Crippen molar-refractivity contribution in [2.24, 2.45) is 0 Å². The van der Waals surface area contributed by atoms with Gasteiger partial charge in [0.15, 0.2) is 0 Å². The number of nitrogens with zero attached hydrogens (tertiary/aromatic N) is 1. The van der Waals surface area contributed by atoms with Gasteiger partial charge in [-0.25, -0.2) is 0 Å². The van der Waals surface area contributed by atoms with E-state index in [1.807, 2.05) is 32.5 Å². The molecule has 0 saturated carbocycles. The van der Waals surface area contributed by atoms with Crippen molar-refractivity contribution >= 4 is 17.7 Å². The van der Waals surface area contributed by atoms with Crippen LogP contribution in [0, 0.1) is 0 Å². The molecule has 0 aromatic carbocycles. The molecule has 0 aliphatic carbocycles. The molecule has 0 bridgehead atoms. The Bertz CT molecular complexity index is 238.